The molecular weight excluding hydrogens is 397 g/mol. The van der Waals surface area contributed by atoms with Crippen LogP contribution in [0.1, 0.15) is 5.69 Å². The smallest absolute Gasteiger partial charge is 0.210 e. The summed E-state index contributed by atoms with van der Waals surface area (Å²) in [5, 5.41) is 11.7. The molecule has 0 unspecified atom stereocenters. The second-order valence-electron chi connectivity index (χ2n) is 5.85. The van der Waals surface area contributed by atoms with Crippen LogP contribution in [0.15, 0.2) is 59.1 Å². The van der Waals surface area contributed by atoms with E-state index in [2.05, 4.69) is 15.2 Å². The lowest BCUT2D eigenvalue weighted by atomic mass is 10.2. The fraction of sp³-hybridized carbons (Fsp3) is 0.105. The molecule has 28 heavy (non-hydrogen) atoms. The molecule has 9 heteroatoms. The van der Waals surface area contributed by atoms with Crippen molar-refractivity contribution in [3.8, 4) is 27.7 Å². The zero-order chi connectivity index (χ0) is 19.5. The summed E-state index contributed by atoms with van der Waals surface area (Å²) < 4.78 is 20.0. The van der Waals surface area contributed by atoms with Crippen LogP contribution in [-0.2, 0) is 5.75 Å². The number of aromatic nitrogens is 4. The van der Waals surface area contributed by atoms with Gasteiger partial charge in [0.05, 0.1) is 12.8 Å². The molecule has 0 radical (unpaired) electrons. The highest BCUT2D eigenvalue weighted by Gasteiger charge is 2.14. The van der Waals surface area contributed by atoms with Crippen molar-refractivity contribution < 1.29 is 9.13 Å². The molecule has 142 valence electrons. The highest BCUT2D eigenvalue weighted by atomic mass is 32.2. The van der Waals surface area contributed by atoms with Gasteiger partial charge in [-0.05, 0) is 36.4 Å². The fourth-order valence-electron chi connectivity index (χ4n) is 2.58. The number of methoxy groups -OCH3 is 1. The summed E-state index contributed by atoms with van der Waals surface area (Å²) >= 11 is 3.01. The number of rotatable bonds is 6. The molecule has 2 aromatic heterocycles. The standard InChI is InChI=1S/C19H16FN5OS2/c1-26-16-7-5-12(6-8-16)18-22-15(10-27-18)11-28-19-24-23-17(25(19)21)13-3-2-4-14(20)9-13/h2-10H,11,21H2,1H3. The van der Waals surface area contributed by atoms with Crippen LogP contribution >= 0.6 is 23.1 Å². The molecule has 2 heterocycles. The van der Waals surface area contributed by atoms with Crippen LogP contribution in [0.25, 0.3) is 22.0 Å². The molecule has 0 spiro atoms. The molecule has 0 aliphatic rings. The maximum absolute atomic E-state index is 13.4. The molecular formula is C19H16FN5OS2. The Kier molecular flexibility index (Phi) is 5.27. The molecule has 0 amide bonds. The Bertz CT molecular complexity index is 1090. The van der Waals surface area contributed by atoms with Crippen molar-refractivity contribution >= 4 is 23.1 Å². The predicted molar refractivity (Wildman–Crippen MR) is 109 cm³/mol. The Morgan fingerprint density at radius 1 is 1.14 bits per heavy atom. The molecule has 6 nitrogen and oxygen atoms in total. The first-order valence-corrected chi connectivity index (χ1v) is 10.2. The topological polar surface area (TPSA) is 78.9 Å². The third-order valence-electron chi connectivity index (χ3n) is 3.99. The normalized spacial score (nSPS) is 10.9. The lowest BCUT2D eigenvalue weighted by Crippen LogP contribution is -2.11. The van der Waals surface area contributed by atoms with Gasteiger partial charge in [-0.2, -0.15) is 0 Å². The van der Waals surface area contributed by atoms with Crippen molar-refractivity contribution in [3.63, 3.8) is 0 Å². The number of hydrogen-bond acceptors (Lipinski definition) is 7. The molecule has 0 atom stereocenters. The number of thiazole rings is 1. The van der Waals surface area contributed by atoms with Gasteiger partial charge in [0.15, 0.2) is 5.82 Å². The Morgan fingerprint density at radius 3 is 2.71 bits per heavy atom. The number of benzene rings is 2. The van der Waals surface area contributed by atoms with Gasteiger partial charge in [-0.3, -0.25) is 0 Å². The van der Waals surface area contributed by atoms with Crippen molar-refractivity contribution in [2.24, 2.45) is 0 Å². The maximum atomic E-state index is 13.4. The van der Waals surface area contributed by atoms with Crippen LogP contribution in [-0.4, -0.2) is 27.0 Å². The summed E-state index contributed by atoms with van der Waals surface area (Å²) in [5.41, 5.74) is 2.55. The van der Waals surface area contributed by atoms with E-state index in [9.17, 15) is 4.39 Å². The first-order valence-electron chi connectivity index (χ1n) is 8.32. The molecule has 0 aliphatic heterocycles. The monoisotopic (exact) mass is 413 g/mol. The quantitative estimate of drug-likeness (QED) is 0.377. The number of ether oxygens (including phenoxy) is 1. The van der Waals surface area contributed by atoms with Crippen LogP contribution in [0.4, 0.5) is 4.39 Å². The Labute approximate surface area is 169 Å². The maximum Gasteiger partial charge on any atom is 0.210 e. The van der Waals surface area contributed by atoms with Crippen molar-refractivity contribution in [2.75, 3.05) is 13.0 Å². The van der Waals surface area contributed by atoms with Gasteiger partial charge in [-0.25, -0.2) is 14.1 Å². The Morgan fingerprint density at radius 2 is 1.96 bits per heavy atom. The SMILES string of the molecule is COc1ccc(-c2nc(CSc3nnc(-c4cccc(F)c4)n3N)cs2)cc1. The number of halogens is 1. The molecule has 0 aliphatic carbocycles. The van der Waals surface area contributed by atoms with Gasteiger partial charge < -0.3 is 10.6 Å². The second-order valence-corrected chi connectivity index (χ2v) is 7.65. The zero-order valence-electron chi connectivity index (χ0n) is 14.9. The van der Waals surface area contributed by atoms with E-state index in [1.807, 2.05) is 29.6 Å². The van der Waals surface area contributed by atoms with Crippen molar-refractivity contribution in [1.82, 2.24) is 19.9 Å². The molecule has 2 aromatic carbocycles. The first kappa shape index (κ1) is 18.5. The molecule has 0 fully saturated rings. The van der Waals surface area contributed by atoms with E-state index in [1.54, 1.807) is 30.6 Å². The minimum Gasteiger partial charge on any atom is -0.497 e. The Balaban J connectivity index is 1.46. The average Bonchev–Trinajstić information content (AvgIpc) is 3.33. The van der Waals surface area contributed by atoms with Crippen LogP contribution < -0.4 is 10.6 Å². The fourth-order valence-corrected chi connectivity index (χ4v) is 4.26. The summed E-state index contributed by atoms with van der Waals surface area (Å²) in [6.45, 7) is 0. The van der Waals surface area contributed by atoms with Gasteiger partial charge >= 0.3 is 0 Å². The summed E-state index contributed by atoms with van der Waals surface area (Å²) in [6.07, 6.45) is 0. The summed E-state index contributed by atoms with van der Waals surface area (Å²) in [7, 11) is 1.64. The highest BCUT2D eigenvalue weighted by Crippen LogP contribution is 2.29. The van der Waals surface area contributed by atoms with E-state index in [0.29, 0.717) is 22.3 Å². The molecule has 2 N–H and O–H groups in total. The van der Waals surface area contributed by atoms with Gasteiger partial charge in [0, 0.05) is 22.3 Å². The number of thioether (sulfide) groups is 1. The molecule has 0 bridgehead atoms. The average molecular weight is 414 g/mol. The largest absolute Gasteiger partial charge is 0.497 e. The van der Waals surface area contributed by atoms with E-state index in [1.165, 1.54) is 28.6 Å². The van der Waals surface area contributed by atoms with Gasteiger partial charge in [-0.1, -0.05) is 23.9 Å². The lowest BCUT2D eigenvalue weighted by molar-refractivity contribution is 0.415. The summed E-state index contributed by atoms with van der Waals surface area (Å²) in [6, 6.07) is 13.9. The van der Waals surface area contributed by atoms with E-state index in [4.69, 9.17) is 10.6 Å². The molecule has 4 aromatic rings. The summed E-state index contributed by atoms with van der Waals surface area (Å²) in [4.78, 5) is 4.67. The van der Waals surface area contributed by atoms with E-state index in [-0.39, 0.29) is 5.82 Å². The molecule has 0 saturated carbocycles. The van der Waals surface area contributed by atoms with Crippen LogP contribution in [0.2, 0.25) is 0 Å². The van der Waals surface area contributed by atoms with Gasteiger partial charge in [0.25, 0.3) is 0 Å². The molecule has 4 rings (SSSR count). The minimum absolute atomic E-state index is 0.344. The third-order valence-corrected chi connectivity index (χ3v) is 5.90. The van der Waals surface area contributed by atoms with Crippen molar-refractivity contribution in [2.45, 2.75) is 10.9 Å². The number of nitrogen functional groups attached to an aromatic ring is 1. The Hall–Kier alpha value is -2.91. The van der Waals surface area contributed by atoms with Gasteiger partial charge in [0.2, 0.25) is 5.16 Å². The van der Waals surface area contributed by atoms with E-state index >= 15 is 0 Å². The number of nitrogens with two attached hydrogens (primary N) is 1. The number of nitrogens with zero attached hydrogens (tertiary/aromatic N) is 4. The van der Waals surface area contributed by atoms with Crippen LogP contribution in [0, 0.1) is 5.82 Å². The van der Waals surface area contributed by atoms with Crippen LogP contribution in [0.5, 0.6) is 5.75 Å². The first-order chi connectivity index (χ1) is 13.6. The second kappa shape index (κ2) is 7.99. The van der Waals surface area contributed by atoms with Crippen molar-refractivity contribution in [3.05, 3.63) is 65.4 Å². The van der Waals surface area contributed by atoms with Crippen molar-refractivity contribution in [1.29, 1.82) is 0 Å². The minimum atomic E-state index is -0.344. The zero-order valence-corrected chi connectivity index (χ0v) is 16.5. The third kappa shape index (κ3) is 3.85. The highest BCUT2D eigenvalue weighted by molar-refractivity contribution is 7.98. The van der Waals surface area contributed by atoms with E-state index < -0.39 is 0 Å². The molecule has 0 saturated heterocycles. The van der Waals surface area contributed by atoms with Crippen LogP contribution in [0.3, 0.4) is 0 Å². The number of hydrogen-bond donors (Lipinski definition) is 1. The lowest BCUT2D eigenvalue weighted by Gasteiger charge is -2.03. The van der Waals surface area contributed by atoms with E-state index in [0.717, 1.165) is 22.0 Å². The summed E-state index contributed by atoms with van der Waals surface area (Å²) in [5.74, 6) is 7.58. The predicted octanol–water partition coefficient (Wildman–Crippen LogP) is 4.22. The van der Waals surface area contributed by atoms with Gasteiger partial charge in [-0.15, -0.1) is 21.5 Å². The van der Waals surface area contributed by atoms with Gasteiger partial charge in [0.1, 0.15) is 16.6 Å².